The molecule has 4 aliphatic rings. The van der Waals surface area contributed by atoms with Gasteiger partial charge in [-0.1, -0.05) is 72.8 Å². The molecule has 0 radical (unpaired) electrons. The van der Waals surface area contributed by atoms with Crippen LogP contribution in [0.3, 0.4) is 0 Å². The first kappa shape index (κ1) is 57.8. The summed E-state index contributed by atoms with van der Waals surface area (Å²) in [6, 6.07) is 49.1. The molecule has 0 saturated carbocycles. The smallest absolute Gasteiger partial charge is 0.275 e. The Labute approximate surface area is 502 Å². The second-order valence-corrected chi connectivity index (χ2v) is 21.3. The molecule has 12 rings (SSSR count). The van der Waals surface area contributed by atoms with Gasteiger partial charge in [-0.2, -0.15) is 10.2 Å². The number of benzene rings is 8. The topological polar surface area (TPSA) is 178 Å². The largest absolute Gasteiger partial charge is 0.504 e. The van der Waals surface area contributed by atoms with Crippen molar-refractivity contribution in [1.29, 1.82) is 0 Å². The number of rotatable bonds is 16. The first-order valence-corrected chi connectivity index (χ1v) is 29.7. The number of amides is 2. The van der Waals surface area contributed by atoms with Crippen LogP contribution in [0.15, 0.2) is 168 Å². The third-order valence-electron chi connectivity index (χ3n) is 17.2. The lowest BCUT2D eigenvalue weighted by Crippen LogP contribution is -2.44. The van der Waals surface area contributed by atoms with E-state index in [2.05, 4.69) is 99.3 Å². The summed E-state index contributed by atoms with van der Waals surface area (Å²) in [4.78, 5) is 37.5. The van der Waals surface area contributed by atoms with Crippen molar-refractivity contribution >= 4 is 47.0 Å². The molecule has 0 bridgehead atoms. The number of carbonyl (C=O) groups excluding carboxylic acids is 2. The van der Waals surface area contributed by atoms with Crippen LogP contribution < -0.4 is 29.1 Å². The van der Waals surface area contributed by atoms with Crippen LogP contribution in [0, 0.1) is 0 Å². The molecule has 4 aliphatic heterocycles. The van der Waals surface area contributed by atoms with Crippen LogP contribution in [0.25, 0.3) is 0 Å². The van der Waals surface area contributed by atoms with Crippen molar-refractivity contribution in [3.63, 3.8) is 0 Å². The van der Waals surface area contributed by atoms with Crippen molar-refractivity contribution in [2.45, 2.75) is 66.5 Å². The minimum absolute atomic E-state index is 0.260. The molecular formula is C70H72N8O8. The molecule has 2 amide bonds. The molecule has 0 aliphatic carbocycles. The van der Waals surface area contributed by atoms with Crippen molar-refractivity contribution in [2.24, 2.45) is 10.2 Å². The molecule has 86 heavy (non-hydrogen) atoms. The Morgan fingerprint density at radius 1 is 0.384 bits per heavy atom. The number of hydrogen-bond donors (Lipinski definition) is 4. The van der Waals surface area contributed by atoms with Crippen LogP contribution in [0.1, 0.15) is 121 Å². The molecule has 4 N–H and O–H groups in total. The van der Waals surface area contributed by atoms with Crippen molar-refractivity contribution in [2.75, 3.05) is 72.0 Å². The highest BCUT2D eigenvalue weighted by Crippen LogP contribution is 2.60. The maximum Gasteiger partial charge on any atom is 0.275 e. The van der Waals surface area contributed by atoms with Crippen LogP contribution in [0.2, 0.25) is 0 Å². The zero-order valence-corrected chi connectivity index (χ0v) is 49.8. The average molecular weight is 1150 g/mol. The van der Waals surface area contributed by atoms with Crippen molar-refractivity contribution in [3.8, 4) is 46.0 Å². The molecule has 16 nitrogen and oxygen atoms in total. The van der Waals surface area contributed by atoms with E-state index >= 15 is 0 Å². The van der Waals surface area contributed by atoms with Crippen molar-refractivity contribution in [1.82, 2.24) is 10.0 Å². The number of phenols is 4. The minimum Gasteiger partial charge on any atom is -0.504 e. The van der Waals surface area contributed by atoms with Gasteiger partial charge in [0.2, 0.25) is 0 Å². The molecule has 440 valence electrons. The Bertz CT molecular complexity index is 3580. The van der Waals surface area contributed by atoms with Crippen LogP contribution in [0.5, 0.6) is 46.0 Å². The molecule has 0 saturated heterocycles. The number of aromatic hydroxyl groups is 4. The van der Waals surface area contributed by atoms with Crippen LogP contribution in [-0.4, -0.2) is 107 Å². The molecule has 4 heterocycles. The van der Waals surface area contributed by atoms with Gasteiger partial charge in [0.1, 0.15) is 34.1 Å². The fraction of sp³-hybridized carbons (Fsp3) is 0.257. The number of fused-ring (bicyclic) bond motifs is 12. The van der Waals surface area contributed by atoms with Crippen molar-refractivity contribution in [3.05, 3.63) is 213 Å². The summed E-state index contributed by atoms with van der Waals surface area (Å²) in [5.74, 6) is 0.939. The van der Waals surface area contributed by atoms with Crippen LogP contribution in [-0.2, 0) is 11.1 Å². The fourth-order valence-electron chi connectivity index (χ4n) is 12.8. The van der Waals surface area contributed by atoms with E-state index < -0.39 is 11.1 Å². The number of anilines is 4. The van der Waals surface area contributed by atoms with E-state index in [0.717, 1.165) is 108 Å². The fourth-order valence-corrected chi connectivity index (χ4v) is 12.8. The molecule has 0 aromatic heterocycles. The molecule has 0 atom stereocenters. The summed E-state index contributed by atoms with van der Waals surface area (Å²) < 4.78 is 13.4. The zero-order valence-electron chi connectivity index (χ0n) is 49.8. The third kappa shape index (κ3) is 9.30. The molecule has 2 spiro atoms. The van der Waals surface area contributed by atoms with Crippen LogP contribution in [0.4, 0.5) is 22.7 Å². The molecule has 0 unspecified atom stereocenters. The normalized spacial score (nSPS) is 14.4. The number of hydrogen-bond acceptors (Lipinski definition) is 14. The number of nitrogens with zero attached hydrogens (tertiary/aromatic N) is 8. The van der Waals surface area contributed by atoms with Gasteiger partial charge in [-0.15, -0.1) is 0 Å². The molecule has 8 aromatic carbocycles. The van der Waals surface area contributed by atoms with E-state index in [0.29, 0.717) is 45.3 Å². The van der Waals surface area contributed by atoms with Gasteiger partial charge in [0, 0.05) is 155 Å². The molecule has 16 heteroatoms. The highest BCUT2D eigenvalue weighted by atomic mass is 16.5. The monoisotopic (exact) mass is 1150 g/mol. The van der Waals surface area contributed by atoms with E-state index in [9.17, 15) is 30.0 Å². The number of para-hydroxylation sites is 2. The van der Waals surface area contributed by atoms with Gasteiger partial charge in [-0.25, -0.2) is 10.0 Å². The Morgan fingerprint density at radius 2 is 0.674 bits per heavy atom. The summed E-state index contributed by atoms with van der Waals surface area (Å²) >= 11 is 0. The zero-order chi connectivity index (χ0) is 60.6. The Kier molecular flexibility index (Phi) is 15.9. The predicted octanol–water partition coefficient (Wildman–Crippen LogP) is 13.4. The van der Waals surface area contributed by atoms with Crippen molar-refractivity contribution < 1.29 is 39.5 Å². The lowest BCUT2D eigenvalue weighted by Gasteiger charge is -2.42. The number of carbonyl (C=O) groups is 2. The van der Waals surface area contributed by atoms with Gasteiger partial charge >= 0.3 is 0 Å². The molecular weight excluding hydrogens is 1080 g/mol. The summed E-state index contributed by atoms with van der Waals surface area (Å²) in [6.07, 6.45) is 2.84. The van der Waals surface area contributed by atoms with E-state index in [1.807, 2.05) is 97.1 Å². The summed E-state index contributed by atoms with van der Waals surface area (Å²) in [7, 11) is 0. The van der Waals surface area contributed by atoms with Crippen LogP contribution >= 0.6 is 0 Å². The second kappa shape index (κ2) is 23.6. The summed E-state index contributed by atoms with van der Waals surface area (Å²) in [5, 5.41) is 53.7. The summed E-state index contributed by atoms with van der Waals surface area (Å²) in [6.45, 7) is 23.7. The summed E-state index contributed by atoms with van der Waals surface area (Å²) in [5.41, 5.74) is 8.28. The van der Waals surface area contributed by atoms with Gasteiger partial charge in [-0.3, -0.25) is 9.59 Å². The molecule has 0 fully saturated rings. The van der Waals surface area contributed by atoms with Gasteiger partial charge < -0.3 is 49.5 Å². The van der Waals surface area contributed by atoms with Gasteiger partial charge in [-0.05, 0) is 116 Å². The number of phenolic OH excluding ortho intramolecular Hbond substituents is 4. The standard InChI is InChI=1S/2C35H36N4O4/c2*1-5-37(6-2)24-16-18-28-31(20-24)43-32-21-25(38(7-3)8-4)17-19-29(32)35(28)27-14-10-9-13-26(27)34(42)39(35)36-22-23-12-11-15-30(40)33(23)41/h2*9-22,40-41H,5-8H2,1-4H3/b2*36-22+. The maximum atomic E-state index is 14.2. The Balaban J connectivity index is 0.000000179. The SMILES string of the molecule is CCN(CC)c1ccc2c(c1)Oc1cc(N(CC)CC)ccc1C21c2ccccc2C(=O)N1/N=C/c1cccc(O)c1O.CCN(CC)c1ccc2c(c1)Oc1cc(N(CC)CC)ccc1C21c2ccccc2C(=O)N1/N=C/c1cccc(O)c1O. The average Bonchev–Trinajstić information content (AvgIpc) is 2.03. The number of hydrazone groups is 2. The van der Waals surface area contributed by atoms with E-state index in [4.69, 9.17) is 19.7 Å². The van der Waals surface area contributed by atoms with Gasteiger partial charge in [0.05, 0.1) is 12.4 Å². The maximum absolute atomic E-state index is 14.2. The van der Waals surface area contributed by atoms with E-state index in [1.165, 1.54) is 34.6 Å². The second-order valence-electron chi connectivity index (χ2n) is 21.3. The Morgan fingerprint density at radius 3 is 0.965 bits per heavy atom. The highest BCUT2D eigenvalue weighted by molar-refractivity contribution is 6.04. The van der Waals surface area contributed by atoms with Gasteiger partial charge in [0.25, 0.3) is 11.8 Å². The third-order valence-corrected chi connectivity index (χ3v) is 17.2. The predicted molar refractivity (Wildman–Crippen MR) is 340 cm³/mol. The lowest BCUT2D eigenvalue weighted by molar-refractivity contribution is 0.0667. The van der Waals surface area contributed by atoms with Gasteiger partial charge in [0.15, 0.2) is 23.0 Å². The van der Waals surface area contributed by atoms with E-state index in [1.54, 1.807) is 24.3 Å². The minimum atomic E-state index is -1.14. The van der Waals surface area contributed by atoms with E-state index in [-0.39, 0.29) is 34.8 Å². The first-order chi connectivity index (χ1) is 41.8. The molecule has 8 aromatic rings. The number of ether oxygens (including phenoxy) is 2. The first-order valence-electron chi connectivity index (χ1n) is 29.7. The quantitative estimate of drug-likeness (QED) is 0.0533. The Hall–Kier alpha value is -9.96. The highest BCUT2D eigenvalue weighted by Gasteiger charge is 2.59. The lowest BCUT2D eigenvalue weighted by atomic mass is 9.75.